The van der Waals surface area contributed by atoms with Crippen molar-refractivity contribution >= 4 is 0 Å². The van der Waals surface area contributed by atoms with E-state index in [0.717, 1.165) is 6.04 Å². The molecule has 0 aromatic carbocycles. The molecule has 0 saturated carbocycles. The Labute approximate surface area is 102 Å². The van der Waals surface area contributed by atoms with E-state index in [1.54, 1.807) is 0 Å². The van der Waals surface area contributed by atoms with Gasteiger partial charge in [0.15, 0.2) is 0 Å². The summed E-state index contributed by atoms with van der Waals surface area (Å²) in [5, 5.41) is 7.16. The molecule has 1 aliphatic heterocycles. The molecule has 2 heteroatoms. The molecule has 16 heavy (non-hydrogen) atoms. The van der Waals surface area contributed by atoms with Crippen molar-refractivity contribution in [2.24, 2.45) is 0 Å². The molecule has 0 aromatic rings. The maximum absolute atomic E-state index is 3.58. The lowest BCUT2D eigenvalue weighted by molar-refractivity contribution is 0.382. The number of nitrogens with one attached hydrogen (secondary N) is 2. The Hall–Kier alpha value is -0.0800. The second-order valence-electron chi connectivity index (χ2n) is 5.12. The number of hydrogen-bond acceptors (Lipinski definition) is 2. The zero-order valence-corrected chi connectivity index (χ0v) is 11.1. The Morgan fingerprint density at radius 1 is 1.06 bits per heavy atom. The van der Waals surface area contributed by atoms with Gasteiger partial charge in [-0.2, -0.15) is 0 Å². The fourth-order valence-corrected chi connectivity index (χ4v) is 2.40. The molecule has 1 fully saturated rings. The summed E-state index contributed by atoms with van der Waals surface area (Å²) in [4.78, 5) is 0. The van der Waals surface area contributed by atoms with Crippen molar-refractivity contribution in [3.8, 4) is 0 Å². The predicted octanol–water partition coefficient (Wildman–Crippen LogP) is 3.08. The first-order chi connectivity index (χ1) is 7.93. The van der Waals surface area contributed by atoms with Crippen LogP contribution in [-0.2, 0) is 0 Å². The Kier molecular flexibility index (Phi) is 8.83. The molecule has 0 amide bonds. The third kappa shape index (κ3) is 7.24. The molecule has 0 spiro atoms. The summed E-state index contributed by atoms with van der Waals surface area (Å²) >= 11 is 0. The van der Waals surface area contributed by atoms with Crippen molar-refractivity contribution in [2.45, 2.75) is 70.8 Å². The van der Waals surface area contributed by atoms with E-state index >= 15 is 0 Å². The summed E-state index contributed by atoms with van der Waals surface area (Å²) in [5.41, 5.74) is 0. The number of piperidine rings is 1. The van der Waals surface area contributed by atoms with Crippen molar-refractivity contribution in [2.75, 3.05) is 19.6 Å². The standard InChI is InChI=1S/C14H30N2/c1-2-3-4-5-6-8-11-15-13-14-10-7-9-12-16-14/h14-16H,2-13H2,1H3. The molecule has 2 N–H and O–H groups in total. The van der Waals surface area contributed by atoms with E-state index < -0.39 is 0 Å². The minimum absolute atomic E-state index is 0.744. The van der Waals surface area contributed by atoms with Crippen molar-refractivity contribution in [3.63, 3.8) is 0 Å². The summed E-state index contributed by atoms with van der Waals surface area (Å²) in [7, 11) is 0. The third-order valence-electron chi connectivity index (χ3n) is 3.51. The smallest absolute Gasteiger partial charge is 0.0192 e. The Bertz CT molecular complexity index is 142. The highest BCUT2D eigenvalue weighted by molar-refractivity contribution is 4.73. The summed E-state index contributed by atoms with van der Waals surface area (Å²) < 4.78 is 0. The van der Waals surface area contributed by atoms with Gasteiger partial charge in [0.2, 0.25) is 0 Å². The molecule has 2 nitrogen and oxygen atoms in total. The van der Waals surface area contributed by atoms with Crippen LogP contribution in [0.2, 0.25) is 0 Å². The zero-order chi connectivity index (χ0) is 11.5. The summed E-state index contributed by atoms with van der Waals surface area (Å²) in [6.07, 6.45) is 12.5. The van der Waals surface area contributed by atoms with Crippen LogP contribution in [0.1, 0.15) is 64.7 Å². The molecule has 1 atom stereocenters. The average molecular weight is 226 g/mol. The van der Waals surface area contributed by atoms with Crippen LogP contribution < -0.4 is 10.6 Å². The highest BCUT2D eigenvalue weighted by Crippen LogP contribution is 2.06. The van der Waals surface area contributed by atoms with E-state index in [1.165, 1.54) is 77.4 Å². The average Bonchev–Trinajstić information content (AvgIpc) is 2.34. The summed E-state index contributed by atoms with van der Waals surface area (Å²) in [5.74, 6) is 0. The number of unbranched alkanes of at least 4 members (excludes halogenated alkanes) is 5. The lowest BCUT2D eigenvalue weighted by atomic mass is 10.1. The van der Waals surface area contributed by atoms with Gasteiger partial charge in [-0.15, -0.1) is 0 Å². The molecule has 0 radical (unpaired) electrons. The fraction of sp³-hybridized carbons (Fsp3) is 1.00. The molecular weight excluding hydrogens is 196 g/mol. The van der Waals surface area contributed by atoms with Crippen molar-refractivity contribution in [3.05, 3.63) is 0 Å². The molecule has 1 aliphatic rings. The summed E-state index contributed by atoms with van der Waals surface area (Å²) in [6, 6.07) is 0.744. The molecule has 1 saturated heterocycles. The molecule has 1 rings (SSSR count). The minimum Gasteiger partial charge on any atom is -0.315 e. The van der Waals surface area contributed by atoms with Gasteiger partial charge < -0.3 is 10.6 Å². The van der Waals surface area contributed by atoms with E-state index in [4.69, 9.17) is 0 Å². The van der Waals surface area contributed by atoms with Gasteiger partial charge in [-0.1, -0.05) is 45.4 Å². The second-order valence-corrected chi connectivity index (χ2v) is 5.12. The van der Waals surface area contributed by atoms with Gasteiger partial charge >= 0.3 is 0 Å². The van der Waals surface area contributed by atoms with Gasteiger partial charge in [0.25, 0.3) is 0 Å². The second kappa shape index (κ2) is 10.1. The maximum atomic E-state index is 3.58. The number of hydrogen-bond donors (Lipinski definition) is 2. The van der Waals surface area contributed by atoms with Crippen molar-refractivity contribution in [1.29, 1.82) is 0 Å². The topological polar surface area (TPSA) is 24.1 Å². The molecule has 1 unspecified atom stereocenters. The van der Waals surface area contributed by atoms with Gasteiger partial charge in [-0.05, 0) is 32.4 Å². The van der Waals surface area contributed by atoms with Crippen LogP contribution in [-0.4, -0.2) is 25.7 Å². The molecule has 0 aromatic heterocycles. The monoisotopic (exact) mass is 226 g/mol. The zero-order valence-electron chi connectivity index (χ0n) is 11.1. The van der Waals surface area contributed by atoms with E-state index in [-0.39, 0.29) is 0 Å². The first-order valence-electron chi connectivity index (χ1n) is 7.37. The van der Waals surface area contributed by atoms with Crippen LogP contribution in [0.25, 0.3) is 0 Å². The van der Waals surface area contributed by atoms with Gasteiger partial charge in [0, 0.05) is 12.6 Å². The Morgan fingerprint density at radius 2 is 1.88 bits per heavy atom. The number of rotatable bonds is 9. The van der Waals surface area contributed by atoms with Crippen LogP contribution in [0, 0.1) is 0 Å². The van der Waals surface area contributed by atoms with Gasteiger partial charge in [-0.25, -0.2) is 0 Å². The van der Waals surface area contributed by atoms with Gasteiger partial charge in [-0.3, -0.25) is 0 Å². The van der Waals surface area contributed by atoms with Crippen LogP contribution in [0.15, 0.2) is 0 Å². The first-order valence-corrected chi connectivity index (χ1v) is 7.37. The maximum Gasteiger partial charge on any atom is 0.0192 e. The largest absolute Gasteiger partial charge is 0.315 e. The Morgan fingerprint density at radius 3 is 2.62 bits per heavy atom. The minimum atomic E-state index is 0.744. The normalized spacial score (nSPS) is 21.2. The third-order valence-corrected chi connectivity index (χ3v) is 3.51. The van der Waals surface area contributed by atoms with E-state index in [9.17, 15) is 0 Å². The lowest BCUT2D eigenvalue weighted by Gasteiger charge is -2.23. The fourth-order valence-electron chi connectivity index (χ4n) is 2.40. The Balaban J connectivity index is 1.77. The van der Waals surface area contributed by atoms with Gasteiger partial charge in [0.05, 0.1) is 0 Å². The predicted molar refractivity (Wildman–Crippen MR) is 71.9 cm³/mol. The molecule has 0 bridgehead atoms. The van der Waals surface area contributed by atoms with Crippen molar-refractivity contribution in [1.82, 2.24) is 10.6 Å². The molecule has 0 aliphatic carbocycles. The van der Waals surface area contributed by atoms with Crippen LogP contribution >= 0.6 is 0 Å². The van der Waals surface area contributed by atoms with Gasteiger partial charge in [0.1, 0.15) is 0 Å². The first kappa shape index (κ1) is 14.0. The van der Waals surface area contributed by atoms with Crippen LogP contribution in [0.3, 0.4) is 0 Å². The van der Waals surface area contributed by atoms with Crippen LogP contribution in [0.5, 0.6) is 0 Å². The SMILES string of the molecule is CCCCCCCCNCC1CCCCN1. The van der Waals surface area contributed by atoms with E-state index in [1.807, 2.05) is 0 Å². The van der Waals surface area contributed by atoms with Crippen molar-refractivity contribution < 1.29 is 0 Å². The van der Waals surface area contributed by atoms with E-state index in [0.29, 0.717) is 0 Å². The molecule has 96 valence electrons. The lowest BCUT2D eigenvalue weighted by Crippen LogP contribution is -2.41. The highest BCUT2D eigenvalue weighted by atomic mass is 15.0. The quantitative estimate of drug-likeness (QED) is 0.590. The van der Waals surface area contributed by atoms with E-state index in [2.05, 4.69) is 17.6 Å². The summed E-state index contributed by atoms with van der Waals surface area (Å²) in [6.45, 7) is 5.89. The molecular formula is C14H30N2. The van der Waals surface area contributed by atoms with Crippen LogP contribution in [0.4, 0.5) is 0 Å². The molecule has 1 heterocycles. The highest BCUT2D eigenvalue weighted by Gasteiger charge is 2.10.